The molecule has 0 bridgehead atoms. The number of ketones is 1. The van der Waals surface area contributed by atoms with E-state index in [9.17, 15) is 4.79 Å². The van der Waals surface area contributed by atoms with Crippen LogP contribution in [0, 0.1) is 11.5 Å². The second kappa shape index (κ2) is 5.55. The minimum atomic E-state index is -1.40. The Balaban J connectivity index is 4.22. The molecule has 0 rings (SSSR count). The molecule has 0 heterocycles. The van der Waals surface area contributed by atoms with E-state index in [1.165, 1.54) is 6.08 Å². The molecule has 1 nitrogen and oxygen atoms in total. The van der Waals surface area contributed by atoms with Crippen molar-refractivity contribution in [2.75, 3.05) is 0 Å². The van der Waals surface area contributed by atoms with Crippen molar-refractivity contribution in [1.29, 1.82) is 0 Å². The first-order chi connectivity index (χ1) is 5.95. The van der Waals surface area contributed by atoms with Crippen LogP contribution in [0.4, 0.5) is 0 Å². The molecular formula is C11H16OSi. The summed E-state index contributed by atoms with van der Waals surface area (Å²) in [6.45, 7) is 8.25. The lowest BCUT2D eigenvalue weighted by atomic mass is 10.3. The van der Waals surface area contributed by atoms with E-state index in [-0.39, 0.29) is 5.78 Å². The van der Waals surface area contributed by atoms with E-state index in [0.29, 0.717) is 0 Å². The molecule has 0 saturated carbocycles. The highest BCUT2D eigenvalue weighted by atomic mass is 28.3. The van der Waals surface area contributed by atoms with Crippen LogP contribution < -0.4 is 0 Å². The summed E-state index contributed by atoms with van der Waals surface area (Å²) in [6.07, 6.45) is 6.89. The largest absolute Gasteiger partial charge is 0.280 e. The van der Waals surface area contributed by atoms with Crippen LogP contribution in [-0.4, -0.2) is 13.9 Å². The highest BCUT2D eigenvalue weighted by Gasteiger charge is 2.07. The molecule has 0 aromatic rings. The molecule has 0 saturated heterocycles. The first-order valence-corrected chi connectivity index (χ1v) is 7.82. The van der Waals surface area contributed by atoms with Crippen molar-refractivity contribution >= 4 is 13.9 Å². The Kier molecular flexibility index (Phi) is 5.09. The van der Waals surface area contributed by atoms with Gasteiger partial charge in [-0.2, -0.15) is 0 Å². The van der Waals surface area contributed by atoms with Gasteiger partial charge in [0, 0.05) is 0 Å². The molecule has 0 aromatic heterocycles. The van der Waals surface area contributed by atoms with Gasteiger partial charge in [0.2, 0.25) is 5.78 Å². The maximum Gasteiger partial charge on any atom is 0.228 e. The molecule has 0 aliphatic carbocycles. The van der Waals surface area contributed by atoms with Crippen LogP contribution in [0.5, 0.6) is 0 Å². The zero-order valence-corrected chi connectivity index (χ0v) is 9.72. The highest BCUT2D eigenvalue weighted by Crippen LogP contribution is 1.96. The number of carbonyl (C=O) groups is 1. The summed E-state index contributed by atoms with van der Waals surface area (Å²) in [5, 5.41) is 0. The lowest BCUT2D eigenvalue weighted by Crippen LogP contribution is -2.16. The molecule has 0 aliphatic heterocycles. The average molecular weight is 192 g/mol. The molecule has 0 fully saturated rings. The summed E-state index contributed by atoms with van der Waals surface area (Å²) < 4.78 is 0. The van der Waals surface area contributed by atoms with Crippen molar-refractivity contribution in [3.8, 4) is 11.5 Å². The molecule has 0 radical (unpaired) electrons. The Morgan fingerprint density at radius 3 is 2.31 bits per heavy atom. The molecule has 0 spiro atoms. The molecule has 13 heavy (non-hydrogen) atoms. The minimum Gasteiger partial charge on any atom is -0.280 e. The lowest BCUT2D eigenvalue weighted by molar-refractivity contribution is -0.109. The summed E-state index contributed by atoms with van der Waals surface area (Å²) in [6, 6.07) is 0. The van der Waals surface area contributed by atoms with Crippen LogP contribution in [0.1, 0.15) is 6.92 Å². The monoisotopic (exact) mass is 192 g/mol. The van der Waals surface area contributed by atoms with Crippen molar-refractivity contribution in [2.45, 2.75) is 26.6 Å². The molecular weight excluding hydrogens is 176 g/mol. The van der Waals surface area contributed by atoms with Gasteiger partial charge in [0.15, 0.2) is 0 Å². The van der Waals surface area contributed by atoms with E-state index in [1.807, 2.05) is 19.1 Å². The Morgan fingerprint density at radius 1 is 1.23 bits per heavy atom. The predicted molar refractivity (Wildman–Crippen MR) is 60.1 cm³/mol. The SMILES string of the molecule is C/C=C/C=C/C(=O)C#C[Si](C)(C)C. The molecule has 0 amide bonds. The van der Waals surface area contributed by atoms with Crippen LogP contribution in [0.25, 0.3) is 0 Å². The van der Waals surface area contributed by atoms with Crippen molar-refractivity contribution in [1.82, 2.24) is 0 Å². The van der Waals surface area contributed by atoms with Gasteiger partial charge in [-0.1, -0.05) is 37.9 Å². The maximum atomic E-state index is 11.1. The third kappa shape index (κ3) is 8.84. The van der Waals surface area contributed by atoms with Crippen LogP contribution in [0.2, 0.25) is 19.6 Å². The zero-order valence-electron chi connectivity index (χ0n) is 8.72. The predicted octanol–water partition coefficient (Wildman–Crippen LogP) is 2.57. The van der Waals surface area contributed by atoms with Gasteiger partial charge in [0.25, 0.3) is 0 Å². The van der Waals surface area contributed by atoms with Crippen molar-refractivity contribution < 1.29 is 4.79 Å². The van der Waals surface area contributed by atoms with Gasteiger partial charge in [-0.25, -0.2) is 0 Å². The average Bonchev–Trinajstić information content (AvgIpc) is 2.00. The second-order valence-corrected chi connectivity index (χ2v) is 8.50. The zero-order chi connectivity index (χ0) is 10.3. The van der Waals surface area contributed by atoms with Crippen LogP contribution in [-0.2, 0) is 4.79 Å². The Bertz CT molecular complexity index is 281. The van der Waals surface area contributed by atoms with Crippen LogP contribution >= 0.6 is 0 Å². The van der Waals surface area contributed by atoms with Crippen molar-refractivity contribution in [3.05, 3.63) is 24.3 Å². The van der Waals surface area contributed by atoms with E-state index < -0.39 is 8.07 Å². The van der Waals surface area contributed by atoms with E-state index in [1.54, 1.807) is 6.08 Å². The summed E-state index contributed by atoms with van der Waals surface area (Å²) in [4.78, 5) is 11.1. The number of allylic oxidation sites excluding steroid dienone is 4. The summed E-state index contributed by atoms with van der Waals surface area (Å²) >= 11 is 0. The standard InChI is InChI=1S/C11H16OSi/c1-5-6-7-8-11(12)9-10-13(2,3)4/h5-8H,1-4H3/b6-5+,8-7+. The maximum absolute atomic E-state index is 11.1. The van der Waals surface area contributed by atoms with Gasteiger partial charge in [-0.15, -0.1) is 5.54 Å². The summed E-state index contributed by atoms with van der Waals surface area (Å²) in [7, 11) is -1.40. The van der Waals surface area contributed by atoms with E-state index >= 15 is 0 Å². The third-order valence-corrected chi connectivity index (χ3v) is 1.99. The number of hydrogen-bond acceptors (Lipinski definition) is 1. The number of hydrogen-bond donors (Lipinski definition) is 0. The van der Waals surface area contributed by atoms with Gasteiger partial charge in [0.1, 0.15) is 8.07 Å². The first-order valence-electron chi connectivity index (χ1n) is 4.32. The topological polar surface area (TPSA) is 17.1 Å². The Hall–Kier alpha value is -1.07. The fourth-order valence-corrected chi connectivity index (χ4v) is 1.04. The lowest BCUT2D eigenvalue weighted by Gasteiger charge is -2.02. The quantitative estimate of drug-likeness (QED) is 0.284. The van der Waals surface area contributed by atoms with Gasteiger partial charge < -0.3 is 0 Å². The Morgan fingerprint density at radius 2 is 1.85 bits per heavy atom. The number of carbonyl (C=O) groups excluding carboxylic acids is 1. The van der Waals surface area contributed by atoms with Gasteiger partial charge in [-0.3, -0.25) is 4.79 Å². The smallest absolute Gasteiger partial charge is 0.228 e. The molecule has 0 unspecified atom stereocenters. The fourth-order valence-electron chi connectivity index (χ4n) is 0.545. The van der Waals surface area contributed by atoms with Gasteiger partial charge >= 0.3 is 0 Å². The molecule has 0 atom stereocenters. The summed E-state index contributed by atoms with van der Waals surface area (Å²) in [5.74, 6) is 2.52. The molecule has 0 aliphatic rings. The van der Waals surface area contributed by atoms with E-state index in [2.05, 4.69) is 31.1 Å². The molecule has 70 valence electrons. The highest BCUT2D eigenvalue weighted by molar-refractivity contribution is 6.84. The Labute approximate surface area is 81.6 Å². The molecule has 0 N–H and O–H groups in total. The second-order valence-electron chi connectivity index (χ2n) is 3.75. The van der Waals surface area contributed by atoms with Crippen LogP contribution in [0.3, 0.4) is 0 Å². The minimum absolute atomic E-state index is 0.111. The van der Waals surface area contributed by atoms with Crippen molar-refractivity contribution in [3.63, 3.8) is 0 Å². The van der Waals surface area contributed by atoms with Gasteiger partial charge in [-0.05, 0) is 18.9 Å². The van der Waals surface area contributed by atoms with E-state index in [4.69, 9.17) is 0 Å². The first kappa shape index (κ1) is 11.9. The van der Waals surface area contributed by atoms with Crippen LogP contribution in [0.15, 0.2) is 24.3 Å². The molecule has 2 heteroatoms. The normalized spacial score (nSPS) is 11.7. The molecule has 0 aromatic carbocycles. The fraction of sp³-hybridized carbons (Fsp3) is 0.364. The van der Waals surface area contributed by atoms with Gasteiger partial charge in [0.05, 0.1) is 0 Å². The van der Waals surface area contributed by atoms with E-state index in [0.717, 1.165) is 0 Å². The van der Waals surface area contributed by atoms with Crippen molar-refractivity contribution in [2.24, 2.45) is 0 Å². The third-order valence-electron chi connectivity index (χ3n) is 1.11. The number of rotatable bonds is 2. The summed E-state index contributed by atoms with van der Waals surface area (Å²) in [5.41, 5.74) is 3.01.